The number of methoxy groups -OCH3 is 2. The van der Waals surface area contributed by atoms with Crippen LogP contribution in [0.25, 0.3) is 0 Å². The number of hydrazone groups is 1. The molecule has 43 heavy (non-hydrogen) atoms. The van der Waals surface area contributed by atoms with Crippen molar-refractivity contribution in [2.75, 3.05) is 39.3 Å². The predicted octanol–water partition coefficient (Wildman–Crippen LogP) is 4.10. The second-order valence-corrected chi connectivity index (χ2v) is 10.2. The van der Waals surface area contributed by atoms with Gasteiger partial charge in [0.1, 0.15) is 0 Å². The van der Waals surface area contributed by atoms with Crippen LogP contribution >= 0.6 is 22.6 Å². The SMILES string of the molecule is CCOc1cc(/C=N\NC(=O)C(=O)NCCc2ccc(OC)c(OC)c2)cc(I)c1OCC(=O)Nc1ccc(CC)cc1. The van der Waals surface area contributed by atoms with Crippen molar-refractivity contribution in [3.05, 3.63) is 74.9 Å². The molecule has 228 valence electrons. The molecule has 0 spiro atoms. The van der Waals surface area contributed by atoms with Crippen molar-refractivity contribution in [1.82, 2.24) is 10.7 Å². The number of halogens is 1. The number of nitrogens with one attached hydrogen (secondary N) is 3. The van der Waals surface area contributed by atoms with Gasteiger partial charge in [0.25, 0.3) is 5.91 Å². The molecule has 12 heteroatoms. The van der Waals surface area contributed by atoms with E-state index in [-0.39, 0.29) is 19.1 Å². The molecule has 0 aliphatic heterocycles. The summed E-state index contributed by atoms with van der Waals surface area (Å²) >= 11 is 2.07. The smallest absolute Gasteiger partial charge is 0.329 e. The molecular weight excluding hydrogens is 667 g/mol. The van der Waals surface area contributed by atoms with E-state index in [9.17, 15) is 14.4 Å². The first kappa shape index (κ1) is 33.2. The predicted molar refractivity (Wildman–Crippen MR) is 172 cm³/mol. The summed E-state index contributed by atoms with van der Waals surface area (Å²) in [6.07, 6.45) is 2.79. The minimum Gasteiger partial charge on any atom is -0.493 e. The van der Waals surface area contributed by atoms with E-state index in [4.69, 9.17) is 18.9 Å². The van der Waals surface area contributed by atoms with E-state index in [2.05, 4.69) is 50.7 Å². The number of anilines is 1. The number of hydrogen-bond acceptors (Lipinski definition) is 8. The topological polar surface area (TPSA) is 137 Å². The Bertz CT molecular complexity index is 1440. The minimum atomic E-state index is -0.904. The molecule has 0 radical (unpaired) electrons. The van der Waals surface area contributed by atoms with E-state index in [1.807, 2.05) is 43.3 Å². The summed E-state index contributed by atoms with van der Waals surface area (Å²) in [5.74, 6) is -0.0142. The van der Waals surface area contributed by atoms with Crippen LogP contribution in [-0.4, -0.2) is 57.9 Å². The van der Waals surface area contributed by atoms with E-state index in [0.717, 1.165) is 12.0 Å². The Morgan fingerprint density at radius 1 is 0.860 bits per heavy atom. The highest BCUT2D eigenvalue weighted by Crippen LogP contribution is 2.34. The fourth-order valence-electron chi connectivity index (χ4n) is 3.88. The lowest BCUT2D eigenvalue weighted by molar-refractivity contribution is -0.139. The second-order valence-electron chi connectivity index (χ2n) is 9.04. The summed E-state index contributed by atoms with van der Waals surface area (Å²) in [6, 6.07) is 16.5. The summed E-state index contributed by atoms with van der Waals surface area (Å²) in [4.78, 5) is 36.9. The molecule has 3 rings (SSSR count). The van der Waals surface area contributed by atoms with Crippen LogP contribution in [0.15, 0.2) is 59.7 Å². The van der Waals surface area contributed by atoms with Crippen molar-refractivity contribution < 1.29 is 33.3 Å². The Morgan fingerprint density at radius 2 is 1.58 bits per heavy atom. The molecule has 0 aliphatic rings. The molecule has 0 aliphatic carbocycles. The van der Waals surface area contributed by atoms with Gasteiger partial charge in [0, 0.05) is 12.2 Å². The van der Waals surface area contributed by atoms with Crippen molar-refractivity contribution in [1.29, 1.82) is 0 Å². The summed E-state index contributed by atoms with van der Waals surface area (Å²) < 4.78 is 22.7. The lowest BCUT2D eigenvalue weighted by Crippen LogP contribution is -2.38. The maximum atomic E-state index is 12.5. The van der Waals surface area contributed by atoms with Gasteiger partial charge in [-0.15, -0.1) is 0 Å². The van der Waals surface area contributed by atoms with Crippen molar-refractivity contribution in [2.24, 2.45) is 5.10 Å². The summed E-state index contributed by atoms with van der Waals surface area (Å²) in [6.45, 7) is 4.29. The zero-order chi connectivity index (χ0) is 31.2. The highest BCUT2D eigenvalue weighted by atomic mass is 127. The number of carbonyl (C=O) groups excluding carboxylic acids is 3. The first-order valence-electron chi connectivity index (χ1n) is 13.6. The normalized spacial score (nSPS) is 10.6. The van der Waals surface area contributed by atoms with E-state index < -0.39 is 11.8 Å². The Kier molecular flexibility index (Phi) is 13.1. The van der Waals surface area contributed by atoms with Crippen LogP contribution in [0.1, 0.15) is 30.5 Å². The van der Waals surface area contributed by atoms with Gasteiger partial charge in [-0.05, 0) is 95.4 Å². The van der Waals surface area contributed by atoms with Gasteiger partial charge in [0.05, 0.1) is 30.6 Å². The number of carbonyl (C=O) groups is 3. The van der Waals surface area contributed by atoms with Crippen molar-refractivity contribution in [3.63, 3.8) is 0 Å². The number of benzene rings is 3. The van der Waals surface area contributed by atoms with Crippen LogP contribution in [0.5, 0.6) is 23.0 Å². The molecule has 0 aromatic heterocycles. The van der Waals surface area contributed by atoms with Crippen LogP contribution in [0.3, 0.4) is 0 Å². The van der Waals surface area contributed by atoms with Crippen LogP contribution < -0.4 is 35.0 Å². The monoisotopic (exact) mass is 702 g/mol. The second kappa shape index (κ2) is 16.9. The molecule has 0 fully saturated rings. The average Bonchev–Trinajstić information content (AvgIpc) is 3.00. The van der Waals surface area contributed by atoms with Gasteiger partial charge in [-0.2, -0.15) is 5.10 Å². The Morgan fingerprint density at radius 3 is 2.26 bits per heavy atom. The molecule has 3 aromatic rings. The molecule has 3 amide bonds. The lowest BCUT2D eigenvalue weighted by atomic mass is 10.1. The Balaban J connectivity index is 1.52. The third-order valence-electron chi connectivity index (χ3n) is 6.06. The van der Waals surface area contributed by atoms with E-state index in [1.165, 1.54) is 11.8 Å². The molecular formula is C31H35IN4O7. The van der Waals surface area contributed by atoms with Gasteiger partial charge in [0.15, 0.2) is 29.6 Å². The molecule has 11 nitrogen and oxygen atoms in total. The fourth-order valence-corrected chi connectivity index (χ4v) is 4.66. The van der Waals surface area contributed by atoms with Gasteiger partial charge in [-0.25, -0.2) is 5.43 Å². The van der Waals surface area contributed by atoms with Gasteiger partial charge >= 0.3 is 11.8 Å². The fraction of sp³-hybridized carbons (Fsp3) is 0.290. The summed E-state index contributed by atoms with van der Waals surface area (Å²) in [5, 5.41) is 9.27. The standard InChI is InChI=1S/C31H35IN4O7/c1-5-20-7-10-23(11-8-20)35-28(37)19-43-29-24(32)15-22(17-27(29)42-6-2)18-34-36-31(39)30(38)33-14-13-21-9-12-25(40-3)26(16-21)41-4/h7-12,15-18H,5-6,13-14,19H2,1-4H3,(H,33,38)(H,35,37)(H,36,39)/b34-18-. The largest absolute Gasteiger partial charge is 0.493 e. The number of aryl methyl sites for hydroxylation is 1. The zero-order valence-electron chi connectivity index (χ0n) is 24.5. The maximum Gasteiger partial charge on any atom is 0.329 e. The number of nitrogens with zero attached hydrogens (tertiary/aromatic N) is 1. The maximum absolute atomic E-state index is 12.5. The summed E-state index contributed by atoms with van der Waals surface area (Å²) in [7, 11) is 3.10. The first-order valence-corrected chi connectivity index (χ1v) is 14.7. The van der Waals surface area contributed by atoms with E-state index in [1.54, 1.807) is 32.4 Å². The Hall–Kier alpha value is -4.33. The van der Waals surface area contributed by atoms with Gasteiger partial charge in [-0.3, -0.25) is 14.4 Å². The molecule has 0 bridgehead atoms. The quantitative estimate of drug-likeness (QED) is 0.0997. The number of amides is 3. The minimum absolute atomic E-state index is 0.212. The third kappa shape index (κ3) is 10.2. The summed E-state index contributed by atoms with van der Waals surface area (Å²) in [5.41, 5.74) is 5.59. The molecule has 0 saturated heterocycles. The van der Waals surface area contributed by atoms with Gasteiger partial charge in [-0.1, -0.05) is 25.1 Å². The van der Waals surface area contributed by atoms with Crippen molar-refractivity contribution in [2.45, 2.75) is 26.7 Å². The van der Waals surface area contributed by atoms with E-state index in [0.29, 0.717) is 50.8 Å². The number of hydrogen-bond donors (Lipinski definition) is 3. The van der Waals surface area contributed by atoms with Crippen LogP contribution in [-0.2, 0) is 27.2 Å². The van der Waals surface area contributed by atoms with E-state index >= 15 is 0 Å². The van der Waals surface area contributed by atoms with Gasteiger partial charge in [0.2, 0.25) is 0 Å². The zero-order valence-corrected chi connectivity index (χ0v) is 26.6. The van der Waals surface area contributed by atoms with Crippen LogP contribution in [0, 0.1) is 3.57 Å². The third-order valence-corrected chi connectivity index (χ3v) is 6.86. The lowest BCUT2D eigenvalue weighted by Gasteiger charge is -2.14. The molecule has 0 saturated carbocycles. The van der Waals surface area contributed by atoms with Crippen LogP contribution in [0.2, 0.25) is 0 Å². The average molecular weight is 703 g/mol. The van der Waals surface area contributed by atoms with Crippen molar-refractivity contribution in [3.8, 4) is 23.0 Å². The number of ether oxygens (including phenoxy) is 4. The highest BCUT2D eigenvalue weighted by Gasteiger charge is 2.15. The highest BCUT2D eigenvalue weighted by molar-refractivity contribution is 14.1. The molecule has 0 unspecified atom stereocenters. The van der Waals surface area contributed by atoms with Gasteiger partial charge < -0.3 is 29.6 Å². The molecule has 3 N–H and O–H groups in total. The molecule has 0 heterocycles. The molecule has 3 aromatic carbocycles. The Labute approximate surface area is 264 Å². The first-order chi connectivity index (χ1) is 20.8. The van der Waals surface area contributed by atoms with Crippen molar-refractivity contribution >= 4 is 52.2 Å². The van der Waals surface area contributed by atoms with Crippen LogP contribution in [0.4, 0.5) is 5.69 Å². The molecule has 0 atom stereocenters. The number of rotatable bonds is 14.